The van der Waals surface area contributed by atoms with Crippen LogP contribution in [0.3, 0.4) is 0 Å². The molecule has 1 rings (SSSR count). The van der Waals surface area contributed by atoms with Crippen molar-refractivity contribution in [3.8, 4) is 5.75 Å². The Labute approximate surface area is 130 Å². The smallest absolute Gasteiger partial charge is 0.276 e. The third kappa shape index (κ3) is 2.81. The monoisotopic (exact) mass is 267 g/mol. The summed E-state index contributed by atoms with van der Waals surface area (Å²) in [6.07, 6.45) is 0. The number of nitro benzene ring substituents is 1. The number of nitro groups is 1. The molecule has 0 radical (unpaired) electrons. The van der Waals surface area contributed by atoms with Gasteiger partial charge < -0.3 is 5.11 Å². The summed E-state index contributed by atoms with van der Waals surface area (Å²) in [5.41, 5.74) is -11.7. The SMILES string of the molecule is [2H]c1c(O)c(C(C([2H])([2H])[2H])(C([2H])([2H])[2H])C([2H])([2H])[2H])cc(C(C)(C([2H])([2H])[2H])C([2H])([2H])[2H])c1[N+](=O)[O-]. The summed E-state index contributed by atoms with van der Waals surface area (Å²) in [5, 5.41) is 22.2. The molecule has 0 fully saturated rings. The molecule has 0 aromatic heterocycles. The lowest BCUT2D eigenvalue weighted by Gasteiger charge is -2.25. The van der Waals surface area contributed by atoms with Gasteiger partial charge in [-0.15, -0.1) is 0 Å². The fraction of sp³-hybridized carbons (Fsp3) is 0.571. The molecule has 0 aliphatic carbocycles. The second-order valence-corrected chi connectivity index (χ2v) is 3.93. The van der Waals surface area contributed by atoms with Crippen molar-refractivity contribution in [3.05, 3.63) is 33.4 Å². The van der Waals surface area contributed by atoms with Crippen LogP contribution in [0, 0.1) is 10.1 Å². The van der Waals surface area contributed by atoms with Gasteiger partial charge in [0.2, 0.25) is 0 Å². The number of hydrogen-bond donors (Lipinski definition) is 1. The normalized spacial score (nSPS) is 29.2. The second kappa shape index (κ2) is 4.26. The lowest BCUT2D eigenvalue weighted by molar-refractivity contribution is -0.386. The van der Waals surface area contributed by atoms with E-state index in [0.29, 0.717) is 6.92 Å². The first-order chi connectivity index (χ1) is 14.6. The van der Waals surface area contributed by atoms with Crippen molar-refractivity contribution in [2.45, 2.75) is 52.0 Å². The van der Waals surface area contributed by atoms with E-state index in [2.05, 4.69) is 0 Å². The van der Waals surface area contributed by atoms with Gasteiger partial charge in [-0.3, -0.25) is 10.1 Å². The van der Waals surface area contributed by atoms with E-state index < -0.39 is 78.6 Å². The van der Waals surface area contributed by atoms with Crippen molar-refractivity contribution in [1.82, 2.24) is 0 Å². The Morgan fingerprint density at radius 2 is 1.83 bits per heavy atom. The highest BCUT2D eigenvalue weighted by Crippen LogP contribution is 2.40. The van der Waals surface area contributed by atoms with E-state index in [1.54, 1.807) is 0 Å². The van der Waals surface area contributed by atoms with E-state index in [1.807, 2.05) is 0 Å². The van der Waals surface area contributed by atoms with Crippen LogP contribution in [0.5, 0.6) is 5.75 Å². The fourth-order valence-electron chi connectivity index (χ4n) is 1.34. The van der Waals surface area contributed by atoms with Gasteiger partial charge in [0, 0.05) is 31.7 Å². The first-order valence-electron chi connectivity index (χ1n) is 12.6. The predicted octanol–water partition coefficient (Wildman–Crippen LogP) is 3.90. The molecule has 1 N–H and O–H groups in total. The molecule has 0 atom stereocenters. The molecule has 0 unspecified atom stereocenters. The van der Waals surface area contributed by atoms with Gasteiger partial charge in [-0.1, -0.05) is 41.2 Å². The number of phenols is 1. The zero-order chi connectivity index (χ0) is 27.7. The molecule has 0 bridgehead atoms. The van der Waals surface area contributed by atoms with Crippen LogP contribution in [0.1, 0.15) is 74.2 Å². The Kier molecular flexibility index (Phi) is 0.880. The zero-order valence-electron chi connectivity index (χ0n) is 25.3. The molecule has 4 nitrogen and oxygen atoms in total. The first-order valence-corrected chi connectivity index (χ1v) is 4.64. The van der Waals surface area contributed by atoms with Crippen LogP contribution in [-0.4, -0.2) is 10.0 Å². The lowest BCUT2D eigenvalue weighted by atomic mass is 9.79. The summed E-state index contributed by atoms with van der Waals surface area (Å²) < 4.78 is 124. The van der Waals surface area contributed by atoms with Crippen LogP contribution in [0.2, 0.25) is 0 Å². The second-order valence-electron chi connectivity index (χ2n) is 3.93. The van der Waals surface area contributed by atoms with E-state index in [9.17, 15) is 15.2 Å². The fourth-order valence-corrected chi connectivity index (χ4v) is 1.34. The van der Waals surface area contributed by atoms with Crippen LogP contribution in [0.25, 0.3) is 0 Å². The summed E-state index contributed by atoms with van der Waals surface area (Å²) in [7, 11) is 0. The third-order valence-electron chi connectivity index (χ3n) is 2.16. The number of benzene rings is 1. The highest BCUT2D eigenvalue weighted by atomic mass is 16.6. The molecular formula is C14H21NO3. The molecule has 0 saturated carbocycles. The Bertz CT molecular complexity index is 916. The molecular weight excluding hydrogens is 230 g/mol. The Morgan fingerprint density at radius 1 is 1.28 bits per heavy atom. The largest absolute Gasteiger partial charge is 0.507 e. The zero-order valence-corrected chi connectivity index (χ0v) is 9.29. The van der Waals surface area contributed by atoms with Crippen LogP contribution in [0.15, 0.2) is 12.1 Å². The molecule has 0 aliphatic heterocycles. The predicted molar refractivity (Wildman–Crippen MR) is 72.2 cm³/mol. The summed E-state index contributed by atoms with van der Waals surface area (Å²) in [6.45, 7) is -18.6. The van der Waals surface area contributed by atoms with Gasteiger partial charge in [0.15, 0.2) is 0 Å². The quantitative estimate of drug-likeness (QED) is 0.620. The molecule has 0 heterocycles. The molecule has 0 aliphatic rings. The molecule has 0 saturated heterocycles. The van der Waals surface area contributed by atoms with Crippen molar-refractivity contribution in [2.24, 2.45) is 0 Å². The molecule has 1 aromatic rings. The van der Waals surface area contributed by atoms with Gasteiger partial charge in [0.05, 0.1) is 12.3 Å². The minimum absolute atomic E-state index is 0.0926. The van der Waals surface area contributed by atoms with Gasteiger partial charge in [-0.05, 0) is 16.9 Å². The van der Waals surface area contributed by atoms with Crippen LogP contribution < -0.4 is 0 Å². The minimum Gasteiger partial charge on any atom is -0.507 e. The maximum Gasteiger partial charge on any atom is 0.276 e. The molecule has 0 spiro atoms. The highest BCUT2D eigenvalue weighted by molar-refractivity contribution is 5.54. The number of hydrogen-bond acceptors (Lipinski definition) is 3. The summed E-state index contributed by atoms with van der Waals surface area (Å²) in [5.74, 6) is -1.72. The summed E-state index contributed by atoms with van der Waals surface area (Å²) >= 11 is 0. The molecule has 1 aromatic carbocycles. The maximum absolute atomic E-state index is 11.7. The van der Waals surface area contributed by atoms with Crippen molar-refractivity contribution in [3.63, 3.8) is 0 Å². The Hall–Kier alpha value is -1.58. The van der Waals surface area contributed by atoms with E-state index in [0.717, 1.165) is 0 Å². The molecule has 100 valence electrons. The Morgan fingerprint density at radius 3 is 2.28 bits per heavy atom. The van der Waals surface area contributed by atoms with Gasteiger partial charge >= 0.3 is 0 Å². The van der Waals surface area contributed by atoms with Crippen molar-refractivity contribution < 1.29 is 32.0 Å². The molecule has 4 heteroatoms. The Balaban J connectivity index is 4.66. The molecule has 18 heavy (non-hydrogen) atoms. The lowest BCUT2D eigenvalue weighted by Crippen LogP contribution is -2.18. The van der Waals surface area contributed by atoms with Gasteiger partial charge in [-0.25, -0.2) is 0 Å². The topological polar surface area (TPSA) is 63.4 Å². The van der Waals surface area contributed by atoms with Crippen LogP contribution in [0.4, 0.5) is 5.69 Å². The highest BCUT2D eigenvalue weighted by Gasteiger charge is 2.29. The van der Waals surface area contributed by atoms with Gasteiger partial charge in [-0.2, -0.15) is 0 Å². The average Bonchev–Trinajstić information content (AvgIpc) is 2.51. The van der Waals surface area contributed by atoms with Gasteiger partial charge in [0.25, 0.3) is 5.69 Å². The maximum atomic E-state index is 11.7. The minimum atomic E-state index is -3.99. The van der Waals surface area contributed by atoms with Crippen molar-refractivity contribution in [2.75, 3.05) is 0 Å². The van der Waals surface area contributed by atoms with E-state index >= 15 is 0 Å². The van der Waals surface area contributed by atoms with E-state index in [4.69, 9.17) is 21.9 Å². The summed E-state index contributed by atoms with van der Waals surface area (Å²) in [6, 6.07) is -1.55. The molecule has 0 amide bonds. The third-order valence-corrected chi connectivity index (χ3v) is 2.16. The summed E-state index contributed by atoms with van der Waals surface area (Å²) in [4.78, 5) is 10.3. The van der Waals surface area contributed by atoms with E-state index in [1.165, 1.54) is 0 Å². The van der Waals surface area contributed by atoms with E-state index in [-0.39, 0.29) is 6.07 Å². The number of aromatic hydroxyl groups is 1. The first kappa shape index (κ1) is 3.71. The van der Waals surface area contributed by atoms with Crippen molar-refractivity contribution in [1.29, 1.82) is 0 Å². The van der Waals surface area contributed by atoms with Gasteiger partial charge in [0.1, 0.15) is 5.75 Å². The average molecular weight is 267 g/mol. The standard InChI is InChI=1S/C14H21NO3/c1-13(2,3)9-7-10(14(4,5)6)12(16)8-11(9)15(17)18/h7-8,16H,1-6H3/i1D3,2D3,4D3,5D3,6D3,8D. The van der Waals surface area contributed by atoms with Crippen molar-refractivity contribution >= 4 is 5.69 Å². The van der Waals surface area contributed by atoms with Crippen LogP contribution >= 0.6 is 0 Å². The van der Waals surface area contributed by atoms with Crippen LogP contribution in [-0.2, 0) is 10.8 Å². The number of nitrogens with zero attached hydrogens (tertiary/aromatic N) is 1. The number of phenolic OH excluding ortho intramolecular Hbond substituents is 1. The number of rotatable bonds is 1.